The second kappa shape index (κ2) is 5.82. The molecule has 0 bridgehead atoms. The largest absolute Gasteiger partial charge is 0.338 e. The molecule has 1 aromatic carbocycles. The Morgan fingerprint density at radius 3 is 2.56 bits per heavy atom. The van der Waals surface area contributed by atoms with E-state index in [0.29, 0.717) is 12.1 Å². The van der Waals surface area contributed by atoms with Crippen molar-refractivity contribution in [3.63, 3.8) is 0 Å². The van der Waals surface area contributed by atoms with Crippen molar-refractivity contribution < 1.29 is 4.39 Å². The summed E-state index contributed by atoms with van der Waals surface area (Å²) >= 11 is 1.67. The lowest BCUT2D eigenvalue weighted by molar-refractivity contribution is 0.599. The molecule has 0 aliphatic carbocycles. The summed E-state index contributed by atoms with van der Waals surface area (Å²) in [5.41, 5.74) is 1.24. The van der Waals surface area contributed by atoms with Crippen LogP contribution in [0.5, 0.6) is 0 Å². The molecular formula is C13H14FN3S. The first kappa shape index (κ1) is 12.8. The van der Waals surface area contributed by atoms with Gasteiger partial charge >= 0.3 is 0 Å². The van der Waals surface area contributed by atoms with Gasteiger partial charge in [-0.1, -0.05) is 6.92 Å². The first-order valence-corrected chi connectivity index (χ1v) is 6.87. The number of anilines is 2. The fraction of sp³-hybridized carbons (Fsp3) is 0.231. The van der Waals surface area contributed by atoms with Crippen LogP contribution in [0.3, 0.4) is 0 Å². The van der Waals surface area contributed by atoms with Gasteiger partial charge in [-0.3, -0.25) is 0 Å². The number of benzene rings is 1. The van der Waals surface area contributed by atoms with E-state index in [9.17, 15) is 4.39 Å². The summed E-state index contributed by atoms with van der Waals surface area (Å²) in [7, 11) is 0. The normalized spacial score (nSPS) is 10.4. The molecule has 0 saturated heterocycles. The van der Waals surface area contributed by atoms with Gasteiger partial charge in [-0.25, -0.2) is 14.4 Å². The minimum Gasteiger partial charge on any atom is -0.338 e. The highest BCUT2D eigenvalue weighted by molar-refractivity contribution is 7.98. The van der Waals surface area contributed by atoms with Gasteiger partial charge in [0.15, 0.2) is 11.6 Å². The molecule has 0 aliphatic heterocycles. The van der Waals surface area contributed by atoms with Crippen LogP contribution in [-0.2, 0) is 6.42 Å². The van der Waals surface area contributed by atoms with E-state index in [1.807, 2.05) is 37.4 Å². The quantitative estimate of drug-likeness (QED) is 0.855. The predicted octanol–water partition coefficient (Wildman–Crippen LogP) is 3.64. The fourth-order valence-electron chi connectivity index (χ4n) is 1.55. The average molecular weight is 263 g/mol. The van der Waals surface area contributed by atoms with E-state index < -0.39 is 0 Å². The first-order valence-electron chi connectivity index (χ1n) is 5.65. The summed E-state index contributed by atoms with van der Waals surface area (Å²) in [6.45, 7) is 1.86. The molecule has 0 amide bonds. The van der Waals surface area contributed by atoms with Crippen LogP contribution in [0, 0.1) is 5.82 Å². The van der Waals surface area contributed by atoms with E-state index in [1.165, 1.54) is 6.33 Å². The van der Waals surface area contributed by atoms with Gasteiger partial charge in [-0.05, 0) is 36.9 Å². The molecule has 0 unspecified atom stereocenters. The number of halogens is 1. The topological polar surface area (TPSA) is 37.8 Å². The molecule has 0 aliphatic rings. The van der Waals surface area contributed by atoms with Crippen LogP contribution in [0.15, 0.2) is 35.5 Å². The van der Waals surface area contributed by atoms with Crippen molar-refractivity contribution in [2.75, 3.05) is 11.6 Å². The lowest BCUT2D eigenvalue weighted by Gasteiger charge is -2.08. The molecule has 0 fully saturated rings. The molecule has 3 nitrogen and oxygen atoms in total. The lowest BCUT2D eigenvalue weighted by atomic mass is 10.3. The summed E-state index contributed by atoms with van der Waals surface area (Å²) in [4.78, 5) is 8.98. The molecule has 18 heavy (non-hydrogen) atoms. The third-order valence-corrected chi connectivity index (χ3v) is 3.29. The minimum atomic E-state index is -0.381. The molecule has 2 aromatic rings. The minimum absolute atomic E-state index is 0.221. The van der Waals surface area contributed by atoms with E-state index in [2.05, 4.69) is 15.3 Å². The SMILES string of the molecule is CCc1ncnc(Nc2ccc(SC)cc2)c1F. The van der Waals surface area contributed by atoms with Crippen LogP contribution < -0.4 is 5.32 Å². The molecule has 0 spiro atoms. The van der Waals surface area contributed by atoms with Crippen LogP contribution in [-0.4, -0.2) is 16.2 Å². The Labute approximate surface area is 110 Å². The molecule has 0 atom stereocenters. The maximum absolute atomic E-state index is 13.9. The maximum atomic E-state index is 13.9. The predicted molar refractivity (Wildman–Crippen MR) is 72.9 cm³/mol. The van der Waals surface area contributed by atoms with E-state index in [1.54, 1.807) is 11.8 Å². The standard InChI is InChI=1S/C13H14FN3S/c1-3-11-12(14)13(16-8-15-11)17-9-4-6-10(18-2)7-5-9/h4-8H,3H2,1-2H3,(H,15,16,17). The van der Waals surface area contributed by atoms with Crippen molar-refractivity contribution >= 4 is 23.3 Å². The summed E-state index contributed by atoms with van der Waals surface area (Å²) < 4.78 is 13.9. The van der Waals surface area contributed by atoms with Gasteiger partial charge in [0.05, 0.1) is 5.69 Å². The number of thioether (sulfide) groups is 1. The van der Waals surface area contributed by atoms with Crippen molar-refractivity contribution in [2.45, 2.75) is 18.2 Å². The summed E-state index contributed by atoms with van der Waals surface area (Å²) in [5, 5.41) is 2.96. The van der Waals surface area contributed by atoms with Crippen molar-refractivity contribution in [3.05, 3.63) is 42.1 Å². The van der Waals surface area contributed by atoms with Crippen LogP contribution in [0.2, 0.25) is 0 Å². The van der Waals surface area contributed by atoms with Gasteiger partial charge in [-0.15, -0.1) is 11.8 Å². The van der Waals surface area contributed by atoms with Gasteiger partial charge in [-0.2, -0.15) is 0 Å². The molecule has 2 rings (SSSR count). The monoisotopic (exact) mass is 263 g/mol. The van der Waals surface area contributed by atoms with E-state index in [0.717, 1.165) is 10.6 Å². The summed E-state index contributed by atoms with van der Waals surface area (Å²) in [5.74, 6) is -0.160. The molecule has 1 aromatic heterocycles. The summed E-state index contributed by atoms with van der Waals surface area (Å²) in [6.07, 6.45) is 3.94. The number of hydrogen-bond acceptors (Lipinski definition) is 4. The van der Waals surface area contributed by atoms with Gasteiger partial charge in [0.25, 0.3) is 0 Å². The second-order valence-electron chi connectivity index (χ2n) is 3.69. The number of hydrogen-bond donors (Lipinski definition) is 1. The zero-order valence-electron chi connectivity index (χ0n) is 10.3. The van der Waals surface area contributed by atoms with Crippen LogP contribution >= 0.6 is 11.8 Å². The number of rotatable bonds is 4. The Hall–Kier alpha value is -1.62. The average Bonchev–Trinajstić information content (AvgIpc) is 2.42. The summed E-state index contributed by atoms with van der Waals surface area (Å²) in [6, 6.07) is 7.76. The number of aryl methyl sites for hydroxylation is 1. The number of nitrogens with zero attached hydrogens (tertiary/aromatic N) is 2. The van der Waals surface area contributed by atoms with Crippen molar-refractivity contribution in [1.29, 1.82) is 0 Å². The Balaban J connectivity index is 2.22. The molecule has 5 heteroatoms. The third-order valence-electron chi connectivity index (χ3n) is 2.55. The molecule has 0 saturated carbocycles. The molecule has 1 N–H and O–H groups in total. The Bertz CT molecular complexity index is 528. The van der Waals surface area contributed by atoms with E-state index in [4.69, 9.17) is 0 Å². The van der Waals surface area contributed by atoms with E-state index in [-0.39, 0.29) is 11.6 Å². The van der Waals surface area contributed by atoms with Gasteiger partial charge in [0.2, 0.25) is 0 Å². The number of aromatic nitrogens is 2. The van der Waals surface area contributed by atoms with Crippen LogP contribution in [0.25, 0.3) is 0 Å². The van der Waals surface area contributed by atoms with Gasteiger partial charge in [0.1, 0.15) is 6.33 Å². The highest BCUT2D eigenvalue weighted by atomic mass is 32.2. The molecule has 94 valence electrons. The van der Waals surface area contributed by atoms with Gasteiger partial charge < -0.3 is 5.32 Å². The Morgan fingerprint density at radius 1 is 1.22 bits per heavy atom. The maximum Gasteiger partial charge on any atom is 0.187 e. The van der Waals surface area contributed by atoms with E-state index >= 15 is 0 Å². The fourth-order valence-corrected chi connectivity index (χ4v) is 1.96. The number of nitrogens with one attached hydrogen (secondary N) is 1. The zero-order chi connectivity index (χ0) is 13.0. The van der Waals surface area contributed by atoms with Crippen molar-refractivity contribution in [2.24, 2.45) is 0 Å². The molecule has 1 heterocycles. The Kier molecular flexibility index (Phi) is 4.15. The van der Waals surface area contributed by atoms with Crippen molar-refractivity contribution in [3.8, 4) is 0 Å². The third kappa shape index (κ3) is 2.79. The highest BCUT2D eigenvalue weighted by Gasteiger charge is 2.09. The van der Waals surface area contributed by atoms with Crippen LogP contribution in [0.4, 0.5) is 15.9 Å². The lowest BCUT2D eigenvalue weighted by Crippen LogP contribution is -2.02. The Morgan fingerprint density at radius 2 is 1.94 bits per heavy atom. The first-order chi connectivity index (χ1) is 8.74. The molecular weight excluding hydrogens is 249 g/mol. The smallest absolute Gasteiger partial charge is 0.187 e. The highest BCUT2D eigenvalue weighted by Crippen LogP contribution is 2.22. The molecule has 0 radical (unpaired) electrons. The van der Waals surface area contributed by atoms with Crippen LogP contribution in [0.1, 0.15) is 12.6 Å². The van der Waals surface area contributed by atoms with Gasteiger partial charge in [0, 0.05) is 10.6 Å². The van der Waals surface area contributed by atoms with Crippen molar-refractivity contribution in [1.82, 2.24) is 9.97 Å². The second-order valence-corrected chi connectivity index (χ2v) is 4.57. The zero-order valence-corrected chi connectivity index (χ0v) is 11.1.